The van der Waals surface area contributed by atoms with Gasteiger partial charge in [-0.2, -0.15) is 4.98 Å². The van der Waals surface area contributed by atoms with Gasteiger partial charge in [0.05, 0.1) is 12.8 Å². The number of nitrogen functional groups attached to an aromatic ring is 1. The molecule has 0 aliphatic carbocycles. The van der Waals surface area contributed by atoms with Gasteiger partial charge in [-0.15, -0.1) is 0 Å². The Morgan fingerprint density at radius 3 is 2.67 bits per heavy atom. The zero-order chi connectivity index (χ0) is 13.1. The van der Waals surface area contributed by atoms with Crippen LogP contribution in [0.3, 0.4) is 0 Å². The van der Waals surface area contributed by atoms with Crippen LogP contribution in [0.15, 0.2) is 34.8 Å². The van der Waals surface area contributed by atoms with E-state index >= 15 is 0 Å². The average Bonchev–Trinajstić information content (AvgIpc) is 2.36. The molecule has 0 aliphatic rings. The molecule has 0 bridgehead atoms. The lowest BCUT2D eigenvalue weighted by Crippen LogP contribution is -1.97. The molecule has 0 fully saturated rings. The van der Waals surface area contributed by atoms with E-state index in [0.29, 0.717) is 17.4 Å². The van der Waals surface area contributed by atoms with Crippen LogP contribution in [-0.2, 0) is 0 Å². The maximum atomic E-state index is 5.69. The van der Waals surface area contributed by atoms with Crippen molar-refractivity contribution in [1.82, 2.24) is 4.98 Å². The van der Waals surface area contributed by atoms with Gasteiger partial charge in [-0.1, -0.05) is 15.9 Å². The van der Waals surface area contributed by atoms with Crippen molar-refractivity contribution in [3.63, 3.8) is 0 Å². The quantitative estimate of drug-likeness (QED) is 0.942. The summed E-state index contributed by atoms with van der Waals surface area (Å²) in [4.78, 5) is 4.16. The van der Waals surface area contributed by atoms with Gasteiger partial charge in [0.15, 0.2) is 0 Å². The van der Waals surface area contributed by atoms with Gasteiger partial charge in [0.25, 0.3) is 0 Å². The topological polar surface area (TPSA) is 57.4 Å². The van der Waals surface area contributed by atoms with E-state index < -0.39 is 0 Å². The third-order valence-electron chi connectivity index (χ3n) is 2.41. The number of methoxy groups -OCH3 is 1. The molecule has 94 valence electrons. The second-order valence-corrected chi connectivity index (χ2v) is 4.62. The summed E-state index contributed by atoms with van der Waals surface area (Å²) < 4.78 is 11.7. The number of pyridine rings is 1. The summed E-state index contributed by atoms with van der Waals surface area (Å²) in [6, 6.07) is 9.12. The van der Waals surface area contributed by atoms with Gasteiger partial charge >= 0.3 is 0 Å². The molecule has 4 nitrogen and oxygen atoms in total. The molecule has 1 aromatic heterocycles. The Labute approximate surface area is 114 Å². The van der Waals surface area contributed by atoms with Gasteiger partial charge in [-0.05, 0) is 36.8 Å². The number of anilines is 1. The fourth-order valence-corrected chi connectivity index (χ4v) is 1.70. The van der Waals surface area contributed by atoms with Gasteiger partial charge in [-0.25, -0.2) is 0 Å². The normalized spacial score (nSPS) is 10.2. The van der Waals surface area contributed by atoms with Crippen LogP contribution in [-0.4, -0.2) is 12.1 Å². The SMILES string of the molecule is COc1nc(Oc2ccc(Br)c(C)c2)ccc1N. The first-order valence-corrected chi connectivity index (χ1v) is 6.14. The molecule has 0 unspecified atom stereocenters. The van der Waals surface area contributed by atoms with Crippen molar-refractivity contribution < 1.29 is 9.47 Å². The second kappa shape index (κ2) is 5.27. The molecule has 1 heterocycles. The lowest BCUT2D eigenvalue weighted by atomic mass is 10.2. The molecule has 1 aromatic carbocycles. The summed E-state index contributed by atoms with van der Waals surface area (Å²) in [5, 5.41) is 0. The van der Waals surface area contributed by atoms with E-state index in [4.69, 9.17) is 15.2 Å². The predicted molar refractivity (Wildman–Crippen MR) is 74.2 cm³/mol. The monoisotopic (exact) mass is 308 g/mol. The Balaban J connectivity index is 2.25. The van der Waals surface area contributed by atoms with Crippen LogP contribution >= 0.6 is 15.9 Å². The third kappa shape index (κ3) is 2.73. The van der Waals surface area contributed by atoms with Crippen molar-refractivity contribution in [3.05, 3.63) is 40.4 Å². The fraction of sp³-hybridized carbons (Fsp3) is 0.154. The van der Waals surface area contributed by atoms with Gasteiger partial charge < -0.3 is 15.2 Å². The van der Waals surface area contributed by atoms with Gasteiger partial charge in [0, 0.05) is 10.5 Å². The molecule has 0 aliphatic heterocycles. The average molecular weight is 309 g/mol. The molecule has 2 aromatic rings. The third-order valence-corrected chi connectivity index (χ3v) is 3.30. The number of hydrogen-bond acceptors (Lipinski definition) is 4. The lowest BCUT2D eigenvalue weighted by Gasteiger charge is -2.08. The molecule has 0 atom stereocenters. The highest BCUT2D eigenvalue weighted by Crippen LogP contribution is 2.28. The molecule has 2 rings (SSSR count). The number of nitrogens with zero attached hydrogens (tertiary/aromatic N) is 1. The first-order valence-electron chi connectivity index (χ1n) is 5.34. The van der Waals surface area contributed by atoms with Gasteiger partial charge in [0.1, 0.15) is 5.75 Å². The maximum Gasteiger partial charge on any atom is 0.240 e. The molecular weight excluding hydrogens is 296 g/mol. The molecule has 2 N–H and O–H groups in total. The van der Waals surface area contributed by atoms with Crippen molar-refractivity contribution in [2.45, 2.75) is 6.92 Å². The molecule has 5 heteroatoms. The summed E-state index contributed by atoms with van der Waals surface area (Å²) in [6.07, 6.45) is 0. The number of hydrogen-bond donors (Lipinski definition) is 1. The summed E-state index contributed by atoms with van der Waals surface area (Å²) in [5.41, 5.74) is 7.26. The first-order chi connectivity index (χ1) is 8.60. The highest BCUT2D eigenvalue weighted by molar-refractivity contribution is 9.10. The number of aromatic nitrogens is 1. The zero-order valence-electron chi connectivity index (χ0n) is 10.1. The van der Waals surface area contributed by atoms with E-state index in [-0.39, 0.29) is 0 Å². The van der Waals surface area contributed by atoms with Crippen molar-refractivity contribution in [2.24, 2.45) is 0 Å². The molecule has 0 radical (unpaired) electrons. The molecule has 0 amide bonds. The summed E-state index contributed by atoms with van der Waals surface area (Å²) >= 11 is 3.44. The van der Waals surface area contributed by atoms with E-state index in [1.54, 1.807) is 12.1 Å². The Hall–Kier alpha value is -1.75. The fourth-order valence-electron chi connectivity index (χ4n) is 1.46. The molecule has 0 saturated heterocycles. The minimum Gasteiger partial charge on any atom is -0.479 e. The Morgan fingerprint density at radius 2 is 2.00 bits per heavy atom. The number of aryl methyl sites for hydroxylation is 1. The summed E-state index contributed by atoms with van der Waals surface area (Å²) in [7, 11) is 1.52. The van der Waals surface area contributed by atoms with E-state index in [0.717, 1.165) is 15.8 Å². The number of nitrogens with two attached hydrogens (primary N) is 1. The second-order valence-electron chi connectivity index (χ2n) is 3.76. The predicted octanol–water partition coefficient (Wildman–Crippen LogP) is 3.54. The van der Waals surface area contributed by atoms with Crippen LogP contribution in [0, 0.1) is 6.92 Å². The van der Waals surface area contributed by atoms with Crippen LogP contribution in [0.25, 0.3) is 0 Å². The van der Waals surface area contributed by atoms with E-state index in [1.807, 2.05) is 25.1 Å². The minimum atomic E-state index is 0.362. The van der Waals surface area contributed by atoms with Crippen molar-refractivity contribution >= 4 is 21.6 Å². The van der Waals surface area contributed by atoms with Crippen LogP contribution in [0.4, 0.5) is 5.69 Å². The van der Waals surface area contributed by atoms with Crippen LogP contribution in [0.5, 0.6) is 17.5 Å². The lowest BCUT2D eigenvalue weighted by molar-refractivity contribution is 0.385. The highest BCUT2D eigenvalue weighted by Gasteiger charge is 2.05. The Kier molecular flexibility index (Phi) is 3.72. The molecule has 0 saturated carbocycles. The highest BCUT2D eigenvalue weighted by atomic mass is 79.9. The van der Waals surface area contributed by atoms with Crippen molar-refractivity contribution in [2.75, 3.05) is 12.8 Å². The molecule has 0 spiro atoms. The minimum absolute atomic E-state index is 0.362. The van der Waals surface area contributed by atoms with Crippen LogP contribution in [0.1, 0.15) is 5.56 Å². The zero-order valence-corrected chi connectivity index (χ0v) is 11.7. The van der Waals surface area contributed by atoms with E-state index in [2.05, 4.69) is 20.9 Å². The van der Waals surface area contributed by atoms with Gasteiger partial charge in [0.2, 0.25) is 11.8 Å². The Bertz CT molecular complexity index is 573. The summed E-state index contributed by atoms with van der Waals surface area (Å²) in [5.74, 6) is 1.53. The molecule has 18 heavy (non-hydrogen) atoms. The van der Waals surface area contributed by atoms with Crippen LogP contribution in [0.2, 0.25) is 0 Å². The largest absolute Gasteiger partial charge is 0.479 e. The molecular formula is C13H13BrN2O2. The van der Waals surface area contributed by atoms with E-state index in [9.17, 15) is 0 Å². The maximum absolute atomic E-state index is 5.69. The van der Waals surface area contributed by atoms with Crippen molar-refractivity contribution in [1.29, 1.82) is 0 Å². The number of benzene rings is 1. The van der Waals surface area contributed by atoms with Gasteiger partial charge in [-0.3, -0.25) is 0 Å². The van der Waals surface area contributed by atoms with E-state index in [1.165, 1.54) is 7.11 Å². The summed E-state index contributed by atoms with van der Waals surface area (Å²) in [6.45, 7) is 1.99. The Morgan fingerprint density at radius 1 is 1.22 bits per heavy atom. The number of rotatable bonds is 3. The number of ether oxygens (including phenoxy) is 2. The van der Waals surface area contributed by atoms with Crippen LogP contribution < -0.4 is 15.2 Å². The van der Waals surface area contributed by atoms with Crippen molar-refractivity contribution in [3.8, 4) is 17.5 Å². The smallest absolute Gasteiger partial charge is 0.240 e. The standard InChI is InChI=1S/C13H13BrN2O2/c1-8-7-9(3-4-10(8)14)18-12-6-5-11(15)13(16-12)17-2/h3-7H,15H2,1-2H3. The number of halogens is 1. The first kappa shape index (κ1) is 12.7.